The van der Waals surface area contributed by atoms with E-state index in [1.165, 1.54) is 6.33 Å². The van der Waals surface area contributed by atoms with Gasteiger partial charge in [0.15, 0.2) is 0 Å². The number of aromatic nitrogens is 6. The molecule has 35 heavy (non-hydrogen) atoms. The Morgan fingerprint density at radius 1 is 1.14 bits per heavy atom. The monoisotopic (exact) mass is 583 g/mol. The molecule has 0 bridgehead atoms. The average molecular weight is 583 g/mol. The van der Waals surface area contributed by atoms with Gasteiger partial charge in [0.1, 0.15) is 0 Å². The molecule has 0 saturated heterocycles. The predicted molar refractivity (Wildman–Crippen MR) is 125 cm³/mol. The number of benzene rings is 2. The molecule has 2 aromatic carbocycles. The van der Waals surface area contributed by atoms with Gasteiger partial charge in [0.05, 0.1) is 0 Å². The van der Waals surface area contributed by atoms with E-state index in [-0.39, 0.29) is 11.6 Å². The van der Waals surface area contributed by atoms with Crippen LogP contribution in [-0.4, -0.2) is 38.6 Å². The second-order valence-corrected chi connectivity index (χ2v) is 10.2. The Bertz CT molecular complexity index is 1580. The quantitative estimate of drug-likeness (QED) is 0.0687. The third-order valence-electron chi connectivity index (χ3n) is 5.42. The second-order valence-electron chi connectivity index (χ2n) is 7.49. The minimum absolute atomic E-state index is 0.285. The molecular formula is C23H20IN8O3-. The molecule has 0 radical (unpaired) electrons. The van der Waals surface area contributed by atoms with Crippen molar-refractivity contribution in [3.05, 3.63) is 80.9 Å². The van der Waals surface area contributed by atoms with Crippen LogP contribution in [-0.2, 0) is 0 Å². The normalized spacial score (nSPS) is 12.2. The molecule has 5 aromatic rings. The van der Waals surface area contributed by atoms with Crippen molar-refractivity contribution in [3.8, 4) is 5.69 Å². The summed E-state index contributed by atoms with van der Waals surface area (Å²) in [5, 5.41) is 12.8. The van der Waals surface area contributed by atoms with Gasteiger partial charge in [-0.15, -0.1) is 0 Å². The molecule has 3 heterocycles. The molecule has 0 aliphatic rings. The summed E-state index contributed by atoms with van der Waals surface area (Å²) in [6.45, 7) is 1.99. The number of anilines is 1. The fourth-order valence-corrected chi connectivity index (χ4v) is 5.66. The number of hydrogen-bond donors (Lipinski definition) is 4. The third-order valence-corrected chi connectivity index (χ3v) is 7.63. The van der Waals surface area contributed by atoms with Crippen LogP contribution in [0.3, 0.4) is 0 Å². The molecular weight excluding hydrogens is 563 g/mol. The van der Waals surface area contributed by atoms with Gasteiger partial charge in [-0.3, -0.25) is 0 Å². The van der Waals surface area contributed by atoms with Crippen LogP contribution in [0.15, 0.2) is 66.0 Å². The number of fused-ring (bicyclic) bond motifs is 2. The van der Waals surface area contributed by atoms with Crippen molar-refractivity contribution in [1.82, 2.24) is 35.0 Å². The molecule has 0 aliphatic carbocycles. The van der Waals surface area contributed by atoms with Crippen LogP contribution in [0.25, 0.3) is 27.8 Å². The number of amides is 1. The number of aromatic amines is 1. The van der Waals surface area contributed by atoms with Crippen LogP contribution < -0.4 is 37.6 Å². The predicted octanol–water partition coefficient (Wildman–Crippen LogP) is -0.0274. The number of halogens is 1. The Morgan fingerprint density at radius 3 is 2.74 bits per heavy atom. The molecule has 3 aromatic heterocycles. The summed E-state index contributed by atoms with van der Waals surface area (Å²) in [5.41, 5.74) is 3.70. The SMILES string of the molecule is CC[C@H](Nc1ncnc2nc[nH]c12)c1nc2cccc([I-]C(=O)NO)c2c(=O)n1-c1ccccc1. The first-order valence-corrected chi connectivity index (χ1v) is 12.9. The second kappa shape index (κ2) is 9.76. The Balaban J connectivity index is 1.72. The molecule has 1 amide bonds. The van der Waals surface area contributed by atoms with Crippen molar-refractivity contribution in [1.29, 1.82) is 0 Å². The Kier molecular flexibility index (Phi) is 6.37. The van der Waals surface area contributed by atoms with E-state index >= 15 is 0 Å². The number of rotatable bonds is 7. The van der Waals surface area contributed by atoms with Crippen LogP contribution in [0.2, 0.25) is 0 Å². The Morgan fingerprint density at radius 2 is 1.97 bits per heavy atom. The van der Waals surface area contributed by atoms with Gasteiger partial charge in [0, 0.05) is 0 Å². The molecule has 0 unspecified atom stereocenters. The van der Waals surface area contributed by atoms with Crippen molar-refractivity contribution >= 4 is 31.8 Å². The number of nitrogens with zero attached hydrogens (tertiary/aromatic N) is 5. The maximum absolute atomic E-state index is 14.0. The van der Waals surface area contributed by atoms with Crippen molar-refractivity contribution < 1.29 is 31.2 Å². The van der Waals surface area contributed by atoms with Gasteiger partial charge >= 0.3 is 209 Å². The Labute approximate surface area is 208 Å². The number of hydroxylamine groups is 1. The van der Waals surface area contributed by atoms with Gasteiger partial charge in [-0.05, 0) is 0 Å². The molecule has 5 rings (SSSR count). The molecule has 0 saturated carbocycles. The van der Waals surface area contributed by atoms with Gasteiger partial charge < -0.3 is 0 Å². The summed E-state index contributed by atoms with van der Waals surface area (Å²) in [7, 11) is 0. The molecule has 0 aliphatic heterocycles. The summed E-state index contributed by atoms with van der Waals surface area (Å²) >= 11 is -1.32. The van der Waals surface area contributed by atoms with Crippen molar-refractivity contribution in [2.45, 2.75) is 19.4 Å². The van der Waals surface area contributed by atoms with E-state index in [9.17, 15) is 9.59 Å². The van der Waals surface area contributed by atoms with Crippen LogP contribution in [0, 0.1) is 3.57 Å². The average Bonchev–Trinajstić information content (AvgIpc) is 3.37. The Hall–Kier alpha value is -3.91. The van der Waals surface area contributed by atoms with E-state index in [1.807, 2.05) is 37.3 Å². The zero-order valence-electron chi connectivity index (χ0n) is 18.4. The molecule has 0 spiro atoms. The van der Waals surface area contributed by atoms with Crippen molar-refractivity contribution in [2.75, 3.05) is 5.32 Å². The summed E-state index contributed by atoms with van der Waals surface area (Å²) in [5.74, 6) is 1.05. The van der Waals surface area contributed by atoms with Crippen LogP contribution in [0.1, 0.15) is 25.2 Å². The van der Waals surface area contributed by atoms with E-state index in [1.54, 1.807) is 34.6 Å². The minimum atomic E-state index is -1.32. The van der Waals surface area contributed by atoms with Crippen LogP contribution in [0.4, 0.5) is 10.6 Å². The van der Waals surface area contributed by atoms with Gasteiger partial charge in [0.2, 0.25) is 0 Å². The maximum atomic E-state index is 14.0. The van der Waals surface area contributed by atoms with Gasteiger partial charge in [-0.1, -0.05) is 0 Å². The first-order chi connectivity index (χ1) is 17.1. The van der Waals surface area contributed by atoms with Crippen LogP contribution in [0.5, 0.6) is 0 Å². The fourth-order valence-electron chi connectivity index (χ4n) is 3.85. The van der Waals surface area contributed by atoms with E-state index in [4.69, 9.17) is 10.2 Å². The van der Waals surface area contributed by atoms with E-state index in [0.717, 1.165) is 0 Å². The summed E-state index contributed by atoms with van der Waals surface area (Å²) < 4.78 is 1.64. The fraction of sp³-hybridized carbons (Fsp3) is 0.130. The summed E-state index contributed by atoms with van der Waals surface area (Å²) in [6.07, 6.45) is 3.58. The molecule has 11 nitrogen and oxygen atoms in total. The molecule has 0 fully saturated rings. The number of para-hydroxylation sites is 1. The topological polar surface area (TPSA) is 151 Å². The zero-order chi connectivity index (χ0) is 24.4. The van der Waals surface area contributed by atoms with Crippen molar-refractivity contribution in [3.63, 3.8) is 0 Å². The molecule has 4 N–H and O–H groups in total. The van der Waals surface area contributed by atoms with E-state index in [2.05, 4.69) is 25.3 Å². The van der Waals surface area contributed by atoms with Crippen LogP contribution >= 0.6 is 0 Å². The first-order valence-electron chi connectivity index (χ1n) is 10.7. The van der Waals surface area contributed by atoms with E-state index in [0.29, 0.717) is 49.4 Å². The number of carbonyl (C=O) groups excluding carboxylic acids is 1. The van der Waals surface area contributed by atoms with Gasteiger partial charge in [-0.2, -0.15) is 0 Å². The first kappa shape index (κ1) is 22.9. The number of H-pyrrole nitrogens is 1. The number of carbonyl (C=O) groups is 1. The summed E-state index contributed by atoms with van der Waals surface area (Å²) in [6, 6.07) is 14.1. The standard InChI is InChI=1S/C23H20IN8O3/c1-2-15(29-20-18-19(26-11-25-18)27-12-28-20)21-30-16-10-6-9-14(24-23(34)31-35)17(16)22(33)32(21)13-7-4-3-5-8-13/h3-12,15,35H,2H2,1H3,(H,31,34)(H2,25,26,27,28,29)/q-1/t15-/m0/s1. The van der Waals surface area contributed by atoms with E-state index < -0.39 is 25.1 Å². The van der Waals surface area contributed by atoms with Gasteiger partial charge in [0.25, 0.3) is 0 Å². The molecule has 1 atom stereocenters. The number of nitrogens with one attached hydrogen (secondary N) is 3. The number of imidazole rings is 1. The number of hydrogen-bond acceptors (Lipinski definition) is 8. The van der Waals surface area contributed by atoms with Crippen molar-refractivity contribution in [2.24, 2.45) is 0 Å². The summed E-state index contributed by atoms with van der Waals surface area (Å²) in [4.78, 5) is 46.5. The zero-order valence-corrected chi connectivity index (χ0v) is 20.6. The molecule has 178 valence electrons. The van der Waals surface area contributed by atoms with Gasteiger partial charge in [-0.25, -0.2) is 0 Å². The molecule has 12 heteroatoms. The third kappa shape index (κ3) is 4.33.